The number of ether oxygens (including phenoxy) is 2. The van der Waals surface area contributed by atoms with Gasteiger partial charge in [0.15, 0.2) is 0 Å². The van der Waals surface area contributed by atoms with Gasteiger partial charge in [0.2, 0.25) is 5.91 Å². The number of rotatable bonds is 5. The highest BCUT2D eigenvalue weighted by Gasteiger charge is 2.54. The number of morpholine rings is 1. The Balaban J connectivity index is 0.00000220. The Kier molecular flexibility index (Phi) is 6.91. The summed E-state index contributed by atoms with van der Waals surface area (Å²) in [5.41, 5.74) is 0.0865. The zero-order chi connectivity index (χ0) is 14.8. The highest BCUT2D eigenvalue weighted by atomic mass is 35.5. The number of halogens is 1. The Hall–Kier alpha value is -0.360. The first-order valence-electron chi connectivity index (χ1n) is 7.77. The van der Waals surface area contributed by atoms with Gasteiger partial charge in [-0.2, -0.15) is 0 Å². The summed E-state index contributed by atoms with van der Waals surface area (Å²) < 4.78 is 11.1. The molecule has 21 heavy (non-hydrogen) atoms. The van der Waals surface area contributed by atoms with E-state index in [1.54, 1.807) is 7.11 Å². The van der Waals surface area contributed by atoms with Crippen LogP contribution >= 0.6 is 12.4 Å². The smallest absolute Gasteiger partial charge is 0.240 e. The van der Waals surface area contributed by atoms with Crippen molar-refractivity contribution in [3.05, 3.63) is 0 Å². The van der Waals surface area contributed by atoms with Gasteiger partial charge in [-0.3, -0.25) is 4.79 Å². The maximum Gasteiger partial charge on any atom is 0.240 e. The van der Waals surface area contributed by atoms with E-state index in [4.69, 9.17) is 9.47 Å². The summed E-state index contributed by atoms with van der Waals surface area (Å²) in [5.74, 6) is 0.0584. The van der Waals surface area contributed by atoms with Gasteiger partial charge in [-0.25, -0.2) is 0 Å². The fourth-order valence-electron chi connectivity index (χ4n) is 3.77. The Bertz CT molecular complexity index is 350. The molecule has 1 aliphatic carbocycles. The van der Waals surface area contributed by atoms with Crippen molar-refractivity contribution in [2.24, 2.45) is 5.41 Å². The molecule has 2 aliphatic rings. The van der Waals surface area contributed by atoms with E-state index in [2.05, 4.69) is 24.5 Å². The second kappa shape index (κ2) is 7.77. The van der Waals surface area contributed by atoms with Gasteiger partial charge < -0.3 is 20.1 Å². The second-order valence-electron chi connectivity index (χ2n) is 5.97. The van der Waals surface area contributed by atoms with Crippen LogP contribution in [0, 0.1) is 5.41 Å². The van der Waals surface area contributed by atoms with Crippen LogP contribution in [0.5, 0.6) is 0 Å². The molecule has 1 heterocycles. The summed E-state index contributed by atoms with van der Waals surface area (Å²) in [6.07, 6.45) is 3.15. The van der Waals surface area contributed by atoms with Gasteiger partial charge >= 0.3 is 0 Å². The number of amides is 1. The van der Waals surface area contributed by atoms with Crippen LogP contribution in [-0.4, -0.2) is 50.5 Å². The fourth-order valence-corrected chi connectivity index (χ4v) is 3.77. The zero-order valence-electron chi connectivity index (χ0n) is 13.5. The monoisotopic (exact) mass is 320 g/mol. The molecule has 2 unspecified atom stereocenters. The Morgan fingerprint density at radius 1 is 1.43 bits per heavy atom. The molecule has 124 valence electrons. The highest BCUT2D eigenvalue weighted by Crippen LogP contribution is 2.48. The van der Waals surface area contributed by atoms with Crippen LogP contribution in [0.15, 0.2) is 0 Å². The van der Waals surface area contributed by atoms with E-state index in [0.717, 1.165) is 25.8 Å². The summed E-state index contributed by atoms with van der Waals surface area (Å²) in [4.78, 5) is 12.4. The molecule has 0 aromatic rings. The van der Waals surface area contributed by atoms with Crippen molar-refractivity contribution in [3.63, 3.8) is 0 Å². The van der Waals surface area contributed by atoms with Crippen molar-refractivity contribution in [2.75, 3.05) is 20.3 Å². The van der Waals surface area contributed by atoms with E-state index in [9.17, 15) is 4.79 Å². The third kappa shape index (κ3) is 3.36. The van der Waals surface area contributed by atoms with E-state index < -0.39 is 0 Å². The molecule has 1 aliphatic heterocycles. The Morgan fingerprint density at radius 3 is 2.62 bits per heavy atom. The molecule has 0 radical (unpaired) electrons. The molecular formula is C15H29ClN2O3. The summed E-state index contributed by atoms with van der Waals surface area (Å²) in [6, 6.07) is -0.0253. The van der Waals surface area contributed by atoms with Crippen LogP contribution in [-0.2, 0) is 14.3 Å². The maximum atomic E-state index is 12.4. The molecule has 6 heteroatoms. The number of hydrogen-bond donors (Lipinski definition) is 2. The third-order valence-electron chi connectivity index (χ3n) is 5.30. The van der Waals surface area contributed by atoms with Gasteiger partial charge in [0.1, 0.15) is 6.04 Å². The number of methoxy groups -OCH3 is 1. The fraction of sp³-hybridized carbons (Fsp3) is 0.933. The molecule has 2 N–H and O–H groups in total. The van der Waals surface area contributed by atoms with Gasteiger partial charge in [-0.15, -0.1) is 12.4 Å². The van der Waals surface area contributed by atoms with Gasteiger partial charge in [0.05, 0.1) is 18.8 Å². The van der Waals surface area contributed by atoms with Crippen LogP contribution in [0.4, 0.5) is 0 Å². The second-order valence-corrected chi connectivity index (χ2v) is 5.97. The molecule has 2 fully saturated rings. The molecule has 1 saturated heterocycles. The van der Waals surface area contributed by atoms with Crippen LogP contribution in [0.1, 0.15) is 40.0 Å². The summed E-state index contributed by atoms with van der Waals surface area (Å²) >= 11 is 0. The lowest BCUT2D eigenvalue weighted by Crippen LogP contribution is -2.67. The average molecular weight is 321 g/mol. The lowest BCUT2D eigenvalue weighted by atomic mass is 9.58. The summed E-state index contributed by atoms with van der Waals surface area (Å²) in [6.45, 7) is 7.72. The van der Waals surface area contributed by atoms with Crippen LogP contribution in [0.3, 0.4) is 0 Å². The number of carbonyl (C=O) groups is 1. The minimum absolute atomic E-state index is 0. The van der Waals surface area contributed by atoms with Crippen LogP contribution in [0.2, 0.25) is 0 Å². The highest BCUT2D eigenvalue weighted by molar-refractivity contribution is 5.85. The topological polar surface area (TPSA) is 59.6 Å². The van der Waals surface area contributed by atoms with E-state index in [1.165, 1.54) is 0 Å². The third-order valence-corrected chi connectivity index (χ3v) is 5.30. The lowest BCUT2D eigenvalue weighted by molar-refractivity contribution is -0.146. The van der Waals surface area contributed by atoms with Crippen molar-refractivity contribution in [1.82, 2.24) is 10.6 Å². The number of nitrogens with one attached hydrogen (secondary N) is 2. The Labute approximate surface area is 133 Å². The predicted molar refractivity (Wildman–Crippen MR) is 84.8 cm³/mol. The molecular weight excluding hydrogens is 292 g/mol. The molecule has 0 bridgehead atoms. The summed E-state index contributed by atoms with van der Waals surface area (Å²) in [7, 11) is 1.77. The Morgan fingerprint density at radius 2 is 2.10 bits per heavy atom. The van der Waals surface area contributed by atoms with Gasteiger partial charge in [0.25, 0.3) is 0 Å². The van der Waals surface area contributed by atoms with E-state index in [0.29, 0.717) is 6.61 Å². The quantitative estimate of drug-likeness (QED) is 0.806. The first-order chi connectivity index (χ1) is 9.58. The van der Waals surface area contributed by atoms with Crippen molar-refractivity contribution in [1.29, 1.82) is 0 Å². The molecule has 0 aromatic carbocycles. The van der Waals surface area contributed by atoms with Crippen molar-refractivity contribution >= 4 is 18.3 Å². The first kappa shape index (κ1) is 18.7. The van der Waals surface area contributed by atoms with Crippen molar-refractivity contribution < 1.29 is 14.3 Å². The summed E-state index contributed by atoms with van der Waals surface area (Å²) in [5, 5.41) is 6.45. The van der Waals surface area contributed by atoms with Gasteiger partial charge in [-0.05, 0) is 26.2 Å². The van der Waals surface area contributed by atoms with E-state index >= 15 is 0 Å². The van der Waals surface area contributed by atoms with Gasteiger partial charge in [0, 0.05) is 25.1 Å². The minimum atomic E-state index is -0.239. The molecule has 0 spiro atoms. The van der Waals surface area contributed by atoms with Gasteiger partial charge in [-0.1, -0.05) is 13.8 Å². The standard InChI is InChI=1S/C15H28N2O3.ClH/c1-5-15(6-2)11(9-12(15)19-4)17-14(18)13-10(3)20-8-7-16-13;/h10-13,16H,5-9H2,1-4H3,(H,17,18);1H/t10-,11?,12?,13+;/m1./s1. The average Bonchev–Trinajstić information content (AvgIpc) is 2.44. The molecule has 5 nitrogen and oxygen atoms in total. The van der Waals surface area contributed by atoms with Crippen molar-refractivity contribution in [2.45, 2.75) is 64.3 Å². The normalized spacial score (nSPS) is 34.5. The largest absolute Gasteiger partial charge is 0.381 e. The lowest BCUT2D eigenvalue weighted by Gasteiger charge is -2.55. The molecule has 0 aromatic heterocycles. The van der Waals surface area contributed by atoms with Crippen molar-refractivity contribution in [3.8, 4) is 0 Å². The van der Waals surface area contributed by atoms with Crippen LogP contribution in [0.25, 0.3) is 0 Å². The predicted octanol–water partition coefficient (Wildman–Crippen LogP) is 1.50. The first-order valence-corrected chi connectivity index (χ1v) is 7.77. The molecule has 1 saturated carbocycles. The van der Waals surface area contributed by atoms with Crippen LogP contribution < -0.4 is 10.6 Å². The minimum Gasteiger partial charge on any atom is -0.381 e. The molecule has 1 amide bonds. The number of carbonyl (C=O) groups excluding carboxylic acids is 1. The zero-order valence-corrected chi connectivity index (χ0v) is 14.3. The molecule has 2 rings (SSSR count). The van der Waals surface area contributed by atoms with E-state index in [1.807, 2.05) is 6.92 Å². The molecule has 4 atom stereocenters. The maximum absolute atomic E-state index is 12.4. The van der Waals surface area contributed by atoms with E-state index in [-0.39, 0.29) is 48.0 Å². The SMILES string of the molecule is CCC1(CC)C(NC(=O)[C@H]2NCCO[C@@H]2C)CC1OC.Cl. The number of hydrogen-bond acceptors (Lipinski definition) is 4.